The number of phenols is 1. The summed E-state index contributed by atoms with van der Waals surface area (Å²) >= 11 is 6.09. The van der Waals surface area contributed by atoms with E-state index in [4.69, 9.17) is 11.6 Å². The third-order valence-corrected chi connectivity index (χ3v) is 5.65. The standard InChI is InChI=1S/C24H23ClN2O2/c25-20-12-10-19(11-13-20)23(18-6-2-1-3-7-18)26-14-16-27(17-15-26)24(29)21-8-4-5-9-22(21)28/h1-13,23,28H,14-17H2/t23-/m0/s1. The van der Waals surface area contributed by atoms with Crippen molar-refractivity contribution in [1.29, 1.82) is 0 Å². The molecule has 148 valence electrons. The molecule has 4 rings (SSSR count). The van der Waals surface area contributed by atoms with Crippen LogP contribution in [0.5, 0.6) is 5.75 Å². The number of aromatic hydroxyl groups is 1. The Morgan fingerprint density at radius 3 is 2.03 bits per heavy atom. The molecule has 0 spiro atoms. The van der Waals surface area contributed by atoms with Gasteiger partial charge >= 0.3 is 0 Å². The Hall–Kier alpha value is -2.82. The number of carbonyl (C=O) groups is 1. The topological polar surface area (TPSA) is 43.8 Å². The summed E-state index contributed by atoms with van der Waals surface area (Å²) in [5.41, 5.74) is 2.76. The molecule has 3 aromatic carbocycles. The second-order valence-corrected chi connectivity index (χ2v) is 7.65. The van der Waals surface area contributed by atoms with Crippen LogP contribution in [-0.4, -0.2) is 47.0 Å². The van der Waals surface area contributed by atoms with Gasteiger partial charge in [-0.25, -0.2) is 0 Å². The number of benzene rings is 3. The van der Waals surface area contributed by atoms with Crippen molar-refractivity contribution in [3.05, 3.63) is 101 Å². The number of nitrogens with zero attached hydrogens (tertiary/aromatic N) is 2. The van der Waals surface area contributed by atoms with Crippen molar-refractivity contribution >= 4 is 17.5 Å². The van der Waals surface area contributed by atoms with E-state index >= 15 is 0 Å². The van der Waals surface area contributed by atoms with Crippen molar-refractivity contribution in [2.24, 2.45) is 0 Å². The number of para-hydroxylation sites is 1. The number of hydrogen-bond acceptors (Lipinski definition) is 3. The Balaban J connectivity index is 1.53. The molecule has 0 aliphatic carbocycles. The largest absolute Gasteiger partial charge is 0.507 e. The predicted molar refractivity (Wildman–Crippen MR) is 115 cm³/mol. The first kappa shape index (κ1) is 19.5. The molecule has 0 saturated carbocycles. The van der Waals surface area contributed by atoms with Gasteiger partial charge < -0.3 is 10.0 Å². The number of phenolic OH excluding ortho intramolecular Hbond substituents is 1. The highest BCUT2D eigenvalue weighted by Crippen LogP contribution is 2.31. The molecule has 1 saturated heterocycles. The summed E-state index contributed by atoms with van der Waals surface area (Å²) in [4.78, 5) is 17.0. The van der Waals surface area contributed by atoms with Crippen molar-refractivity contribution in [1.82, 2.24) is 9.80 Å². The molecule has 1 N–H and O–H groups in total. The van der Waals surface area contributed by atoms with Crippen molar-refractivity contribution in [2.45, 2.75) is 6.04 Å². The normalized spacial score (nSPS) is 15.8. The van der Waals surface area contributed by atoms with Crippen LogP contribution in [0.2, 0.25) is 5.02 Å². The van der Waals surface area contributed by atoms with Crippen molar-refractivity contribution in [3.63, 3.8) is 0 Å². The first-order chi connectivity index (χ1) is 14.1. The fourth-order valence-electron chi connectivity index (χ4n) is 3.90. The molecule has 1 aliphatic rings. The lowest BCUT2D eigenvalue weighted by Crippen LogP contribution is -2.49. The van der Waals surface area contributed by atoms with Gasteiger partial charge in [0.05, 0.1) is 11.6 Å². The maximum absolute atomic E-state index is 12.8. The third kappa shape index (κ3) is 4.29. The van der Waals surface area contributed by atoms with E-state index in [-0.39, 0.29) is 17.7 Å². The molecule has 1 amide bonds. The highest BCUT2D eigenvalue weighted by molar-refractivity contribution is 6.30. The van der Waals surface area contributed by atoms with Gasteiger partial charge in [-0.2, -0.15) is 0 Å². The summed E-state index contributed by atoms with van der Waals surface area (Å²) in [5.74, 6) is -0.0891. The molecule has 1 heterocycles. The second kappa shape index (κ2) is 8.68. The van der Waals surface area contributed by atoms with Gasteiger partial charge in [0.25, 0.3) is 5.91 Å². The molecule has 1 aliphatic heterocycles. The molecule has 3 aromatic rings. The number of carbonyl (C=O) groups excluding carboxylic acids is 1. The number of hydrogen-bond donors (Lipinski definition) is 1. The van der Waals surface area contributed by atoms with Crippen molar-refractivity contribution in [3.8, 4) is 5.75 Å². The highest BCUT2D eigenvalue weighted by atomic mass is 35.5. The van der Waals surface area contributed by atoms with Crippen LogP contribution in [0.3, 0.4) is 0 Å². The summed E-state index contributed by atoms with van der Waals surface area (Å²) < 4.78 is 0. The van der Waals surface area contributed by atoms with E-state index in [1.165, 1.54) is 11.1 Å². The summed E-state index contributed by atoms with van der Waals surface area (Å²) in [7, 11) is 0. The quantitative estimate of drug-likeness (QED) is 0.689. The number of halogens is 1. The Labute approximate surface area is 176 Å². The Bertz CT molecular complexity index is 968. The molecule has 0 bridgehead atoms. The lowest BCUT2D eigenvalue weighted by atomic mass is 9.96. The smallest absolute Gasteiger partial charge is 0.257 e. The van der Waals surface area contributed by atoms with Gasteiger partial charge in [0.15, 0.2) is 0 Å². The molecular weight excluding hydrogens is 384 g/mol. The van der Waals surface area contributed by atoms with E-state index in [9.17, 15) is 9.90 Å². The minimum Gasteiger partial charge on any atom is -0.507 e. The average molecular weight is 407 g/mol. The van der Waals surface area contributed by atoms with Gasteiger partial charge in [-0.05, 0) is 35.4 Å². The zero-order valence-electron chi connectivity index (χ0n) is 16.0. The lowest BCUT2D eigenvalue weighted by molar-refractivity contribution is 0.0594. The van der Waals surface area contributed by atoms with Crippen molar-refractivity contribution < 1.29 is 9.90 Å². The van der Waals surface area contributed by atoms with E-state index in [1.807, 2.05) is 23.1 Å². The monoisotopic (exact) mass is 406 g/mol. The Morgan fingerprint density at radius 2 is 1.38 bits per heavy atom. The van der Waals surface area contributed by atoms with Crippen LogP contribution in [0, 0.1) is 0 Å². The Kier molecular flexibility index (Phi) is 5.84. The molecule has 5 heteroatoms. The first-order valence-electron chi connectivity index (χ1n) is 9.75. The molecule has 1 atom stereocenters. The van der Waals surface area contributed by atoms with E-state index in [0.717, 1.165) is 18.1 Å². The summed E-state index contributed by atoms with van der Waals surface area (Å²) in [6, 6.07) is 25.2. The third-order valence-electron chi connectivity index (χ3n) is 5.40. The van der Waals surface area contributed by atoms with Crippen LogP contribution in [0.15, 0.2) is 78.9 Å². The molecule has 0 radical (unpaired) electrons. The minimum absolute atomic E-state index is 0.0308. The summed E-state index contributed by atoms with van der Waals surface area (Å²) in [5, 5.41) is 10.7. The van der Waals surface area contributed by atoms with Crippen LogP contribution in [-0.2, 0) is 0 Å². The van der Waals surface area contributed by atoms with Crippen molar-refractivity contribution in [2.75, 3.05) is 26.2 Å². The Morgan fingerprint density at radius 1 is 0.793 bits per heavy atom. The number of rotatable bonds is 4. The minimum atomic E-state index is -0.120. The lowest BCUT2D eigenvalue weighted by Gasteiger charge is -2.40. The molecule has 29 heavy (non-hydrogen) atoms. The van der Waals surface area contributed by atoms with Crippen LogP contribution >= 0.6 is 11.6 Å². The van der Waals surface area contributed by atoms with Gasteiger partial charge in [0.1, 0.15) is 5.75 Å². The summed E-state index contributed by atoms with van der Waals surface area (Å²) in [6.07, 6.45) is 0. The maximum atomic E-state index is 12.8. The maximum Gasteiger partial charge on any atom is 0.257 e. The van der Waals surface area contributed by atoms with Gasteiger partial charge in [-0.1, -0.05) is 66.2 Å². The van der Waals surface area contributed by atoms with Crippen LogP contribution in [0.25, 0.3) is 0 Å². The first-order valence-corrected chi connectivity index (χ1v) is 10.1. The van der Waals surface area contributed by atoms with Gasteiger partial charge in [-0.15, -0.1) is 0 Å². The van der Waals surface area contributed by atoms with E-state index in [0.29, 0.717) is 18.7 Å². The molecule has 4 nitrogen and oxygen atoms in total. The number of amides is 1. The van der Waals surface area contributed by atoms with Crippen LogP contribution in [0.1, 0.15) is 27.5 Å². The zero-order chi connectivity index (χ0) is 20.2. The molecular formula is C24H23ClN2O2. The zero-order valence-corrected chi connectivity index (χ0v) is 16.8. The van der Waals surface area contributed by atoms with Gasteiger partial charge in [0.2, 0.25) is 0 Å². The number of piperazine rings is 1. The SMILES string of the molecule is O=C(c1ccccc1O)N1CCN([C@@H](c2ccccc2)c2ccc(Cl)cc2)CC1. The van der Waals surface area contributed by atoms with Crippen LogP contribution in [0.4, 0.5) is 0 Å². The fraction of sp³-hybridized carbons (Fsp3) is 0.208. The molecule has 0 aromatic heterocycles. The van der Waals surface area contributed by atoms with Gasteiger partial charge in [-0.3, -0.25) is 9.69 Å². The van der Waals surface area contributed by atoms with E-state index in [2.05, 4.69) is 41.3 Å². The average Bonchev–Trinajstić information content (AvgIpc) is 2.76. The van der Waals surface area contributed by atoms with E-state index < -0.39 is 0 Å². The highest BCUT2D eigenvalue weighted by Gasteiger charge is 2.29. The summed E-state index contributed by atoms with van der Waals surface area (Å²) in [6.45, 7) is 2.73. The fourth-order valence-corrected chi connectivity index (χ4v) is 4.03. The van der Waals surface area contributed by atoms with Gasteiger partial charge in [0, 0.05) is 31.2 Å². The molecule has 0 unspecified atom stereocenters. The molecule has 1 fully saturated rings. The predicted octanol–water partition coefficient (Wildman–Crippen LogP) is 4.59. The van der Waals surface area contributed by atoms with Crippen LogP contribution < -0.4 is 0 Å². The second-order valence-electron chi connectivity index (χ2n) is 7.21. The van der Waals surface area contributed by atoms with E-state index in [1.54, 1.807) is 24.3 Å².